The van der Waals surface area contributed by atoms with Crippen LogP contribution in [0.3, 0.4) is 0 Å². The third-order valence-corrected chi connectivity index (χ3v) is 13.4. The first-order valence-electron chi connectivity index (χ1n) is 23.0. The summed E-state index contributed by atoms with van der Waals surface area (Å²) in [6.07, 6.45) is 0. The molecule has 0 aliphatic rings. The lowest BCUT2D eigenvalue weighted by Gasteiger charge is -2.17. The molecule has 0 atom stereocenters. The smallest absolute Gasteiger partial charge is 0.141 e. The molecule has 0 saturated heterocycles. The summed E-state index contributed by atoms with van der Waals surface area (Å²) in [5.74, 6) is 2.00. The van der Waals surface area contributed by atoms with Gasteiger partial charge in [-0.3, -0.25) is 0 Å². The van der Waals surface area contributed by atoms with E-state index >= 15 is 0 Å². The van der Waals surface area contributed by atoms with Crippen molar-refractivity contribution in [2.75, 3.05) is 0 Å². The predicted molar refractivity (Wildman–Crippen MR) is 277 cm³/mol. The molecule has 2 heterocycles. The fourth-order valence-corrected chi connectivity index (χ4v) is 10.3. The number of benzene rings is 10. The minimum atomic E-state index is 0.843. The maximum Gasteiger partial charge on any atom is 0.141 e. The summed E-state index contributed by atoms with van der Waals surface area (Å²) in [4.78, 5) is 10.5. The Kier molecular flexibility index (Phi) is 9.72. The molecule has 0 N–H and O–H groups in total. The van der Waals surface area contributed by atoms with Crippen molar-refractivity contribution in [1.82, 2.24) is 19.1 Å². The first kappa shape index (κ1) is 39.3. The normalized spacial score (nSPS) is 11.6. The molecule has 0 saturated carbocycles. The number of nitrogens with zero attached hydrogens (tertiary/aromatic N) is 4. The highest BCUT2D eigenvalue weighted by Gasteiger charge is 2.19. The number of para-hydroxylation sites is 2. The van der Waals surface area contributed by atoms with Crippen LogP contribution in [0.25, 0.3) is 122 Å². The van der Waals surface area contributed by atoms with Crippen LogP contribution in [0.1, 0.15) is 13.8 Å². The maximum atomic E-state index is 5.26. The SMILES string of the molecule is CCn1c(-c2ccccc2)nc2c(-c3ccc(-c4cccc5c(-c6ccccc6)c6cccc(-c7ccc(-c8cccc9c8nc(-c8ccccc8)n9CC)cc7)c6cc45)cc3)cccc21. The molecule has 314 valence electrons. The molecular weight excluding hydrogens is 801 g/mol. The highest BCUT2D eigenvalue weighted by Crippen LogP contribution is 2.44. The van der Waals surface area contributed by atoms with Gasteiger partial charge in [-0.25, -0.2) is 9.97 Å². The fourth-order valence-electron chi connectivity index (χ4n) is 10.3. The Morgan fingerprint density at radius 2 is 0.652 bits per heavy atom. The van der Waals surface area contributed by atoms with Gasteiger partial charge in [0.05, 0.1) is 22.1 Å². The van der Waals surface area contributed by atoms with Crippen LogP contribution in [0, 0.1) is 0 Å². The minimum absolute atomic E-state index is 0.843. The standard InChI is InChI=1S/C62H46N4/c1-3-65-56-30-16-26-50(59(56)63-61(65)46-20-10-6-11-21-46)43-36-32-41(33-37-43)48-24-14-28-52-54(48)40-55-49(25-15-29-53(55)58(52)45-18-8-5-9-19-45)42-34-38-44(39-35-42)51-27-17-31-57-60(51)64-62(66(57)4-2)47-22-12-7-13-23-47/h5-40H,3-4H2,1-2H3. The van der Waals surface area contributed by atoms with Gasteiger partial charge in [-0.2, -0.15) is 0 Å². The summed E-state index contributed by atoms with van der Waals surface area (Å²) in [6.45, 7) is 6.07. The van der Waals surface area contributed by atoms with Gasteiger partial charge >= 0.3 is 0 Å². The van der Waals surface area contributed by atoms with Gasteiger partial charge in [0, 0.05) is 35.3 Å². The highest BCUT2D eigenvalue weighted by atomic mass is 15.1. The molecule has 0 unspecified atom stereocenters. The Labute approximate surface area is 384 Å². The van der Waals surface area contributed by atoms with Crippen molar-refractivity contribution in [1.29, 1.82) is 0 Å². The molecule has 0 spiro atoms. The zero-order valence-corrected chi connectivity index (χ0v) is 37.0. The van der Waals surface area contributed by atoms with Gasteiger partial charge < -0.3 is 9.13 Å². The van der Waals surface area contributed by atoms with E-state index in [4.69, 9.17) is 9.97 Å². The second-order valence-corrected chi connectivity index (χ2v) is 17.0. The summed E-state index contributed by atoms with van der Waals surface area (Å²) in [5.41, 5.74) is 18.4. The third-order valence-electron chi connectivity index (χ3n) is 13.4. The van der Waals surface area contributed by atoms with E-state index in [1.54, 1.807) is 0 Å². The van der Waals surface area contributed by atoms with Gasteiger partial charge in [0.2, 0.25) is 0 Å². The van der Waals surface area contributed by atoms with Crippen molar-refractivity contribution >= 4 is 43.6 Å². The number of hydrogen-bond donors (Lipinski definition) is 0. The van der Waals surface area contributed by atoms with Crippen LogP contribution in [0.2, 0.25) is 0 Å². The van der Waals surface area contributed by atoms with Gasteiger partial charge in [-0.05, 0) is 98.1 Å². The van der Waals surface area contributed by atoms with Crippen LogP contribution < -0.4 is 0 Å². The second-order valence-electron chi connectivity index (χ2n) is 17.0. The molecule has 0 amide bonds. The van der Waals surface area contributed by atoms with Crippen molar-refractivity contribution in [3.63, 3.8) is 0 Å². The van der Waals surface area contributed by atoms with E-state index in [0.29, 0.717) is 0 Å². The van der Waals surface area contributed by atoms with Crippen molar-refractivity contribution in [2.24, 2.45) is 0 Å². The number of hydrogen-bond acceptors (Lipinski definition) is 2. The van der Waals surface area contributed by atoms with Crippen molar-refractivity contribution in [2.45, 2.75) is 26.9 Å². The van der Waals surface area contributed by atoms with E-state index < -0.39 is 0 Å². The van der Waals surface area contributed by atoms with Crippen LogP contribution >= 0.6 is 0 Å². The van der Waals surface area contributed by atoms with E-state index in [1.165, 1.54) is 54.9 Å². The van der Waals surface area contributed by atoms with Crippen LogP contribution in [0.15, 0.2) is 218 Å². The third kappa shape index (κ3) is 6.52. The monoisotopic (exact) mass is 846 g/mol. The molecule has 4 heteroatoms. The zero-order valence-electron chi connectivity index (χ0n) is 37.0. The zero-order chi connectivity index (χ0) is 44.1. The van der Waals surface area contributed by atoms with Crippen molar-refractivity contribution in [3.8, 4) is 78.4 Å². The highest BCUT2D eigenvalue weighted by molar-refractivity contribution is 6.19. The molecular formula is C62H46N4. The largest absolute Gasteiger partial charge is 0.324 e. The summed E-state index contributed by atoms with van der Waals surface area (Å²) in [6, 6.07) is 79.1. The Balaban J connectivity index is 0.972. The number of imidazole rings is 2. The molecule has 0 aliphatic heterocycles. The second kappa shape index (κ2) is 16.3. The van der Waals surface area contributed by atoms with Crippen LogP contribution in [0.5, 0.6) is 0 Å². The molecule has 0 aliphatic carbocycles. The molecule has 12 aromatic rings. The molecule has 0 fully saturated rings. The predicted octanol–water partition coefficient (Wildman–Crippen LogP) is 16.4. The molecule has 10 aromatic carbocycles. The Hall–Kier alpha value is -8.34. The van der Waals surface area contributed by atoms with E-state index in [9.17, 15) is 0 Å². The lowest BCUT2D eigenvalue weighted by atomic mass is 9.86. The fraction of sp³-hybridized carbons (Fsp3) is 0.0645. The summed E-state index contributed by atoms with van der Waals surface area (Å²) in [5, 5.41) is 4.93. The number of aryl methyl sites for hydroxylation is 2. The summed E-state index contributed by atoms with van der Waals surface area (Å²) in [7, 11) is 0. The first-order chi connectivity index (χ1) is 32.7. The lowest BCUT2D eigenvalue weighted by Crippen LogP contribution is -1.97. The topological polar surface area (TPSA) is 35.6 Å². The van der Waals surface area contributed by atoms with Crippen molar-refractivity contribution in [3.05, 3.63) is 218 Å². The number of fused-ring (bicyclic) bond motifs is 4. The molecule has 2 aromatic heterocycles. The Bertz CT molecular complexity index is 3510. The quantitative estimate of drug-likeness (QED) is 0.136. The van der Waals surface area contributed by atoms with E-state index in [1.807, 2.05) is 0 Å². The molecule has 4 nitrogen and oxygen atoms in total. The van der Waals surface area contributed by atoms with Gasteiger partial charge in [0.25, 0.3) is 0 Å². The number of aromatic nitrogens is 4. The maximum absolute atomic E-state index is 5.26. The first-order valence-corrected chi connectivity index (χ1v) is 23.0. The number of rotatable bonds is 9. The minimum Gasteiger partial charge on any atom is -0.324 e. The average molecular weight is 847 g/mol. The van der Waals surface area contributed by atoms with Crippen LogP contribution in [-0.2, 0) is 13.1 Å². The molecule has 66 heavy (non-hydrogen) atoms. The van der Waals surface area contributed by atoms with E-state index in [2.05, 4.69) is 241 Å². The van der Waals surface area contributed by atoms with Crippen LogP contribution in [0.4, 0.5) is 0 Å². The molecule has 0 bridgehead atoms. The van der Waals surface area contributed by atoms with Gasteiger partial charge in [0.15, 0.2) is 0 Å². The summed E-state index contributed by atoms with van der Waals surface area (Å²) >= 11 is 0. The molecule has 12 rings (SSSR count). The average Bonchev–Trinajstić information content (AvgIpc) is 3.97. The molecule has 0 radical (unpaired) electrons. The van der Waals surface area contributed by atoms with Crippen molar-refractivity contribution < 1.29 is 0 Å². The van der Waals surface area contributed by atoms with Gasteiger partial charge in [-0.1, -0.05) is 200 Å². The van der Waals surface area contributed by atoms with E-state index in [0.717, 1.165) is 80.2 Å². The lowest BCUT2D eigenvalue weighted by molar-refractivity contribution is 0.796. The van der Waals surface area contributed by atoms with Gasteiger partial charge in [0.1, 0.15) is 11.6 Å². The van der Waals surface area contributed by atoms with Crippen LogP contribution in [-0.4, -0.2) is 19.1 Å². The Morgan fingerprint density at radius 3 is 1.05 bits per heavy atom. The summed E-state index contributed by atoms with van der Waals surface area (Å²) < 4.78 is 4.64. The van der Waals surface area contributed by atoms with E-state index in [-0.39, 0.29) is 0 Å². The Morgan fingerprint density at radius 1 is 0.303 bits per heavy atom. The van der Waals surface area contributed by atoms with Gasteiger partial charge in [-0.15, -0.1) is 0 Å².